The molecule has 0 aliphatic carbocycles. The van der Waals surface area contributed by atoms with E-state index in [9.17, 15) is 14.7 Å². The molecule has 0 radical (unpaired) electrons. The molecule has 0 aliphatic rings. The fourth-order valence-corrected chi connectivity index (χ4v) is 2.47. The number of nitrogens with zero attached hydrogens (tertiary/aromatic N) is 2. The van der Waals surface area contributed by atoms with Gasteiger partial charge in [-0.05, 0) is 12.8 Å². The fourth-order valence-electron chi connectivity index (χ4n) is 2.47. The van der Waals surface area contributed by atoms with Crippen LogP contribution in [0.25, 0.3) is 10.8 Å². The highest BCUT2D eigenvalue weighted by Gasteiger charge is 2.18. The molecule has 6 heteroatoms. The van der Waals surface area contributed by atoms with Crippen LogP contribution in [0.15, 0.2) is 23.3 Å². The number of methoxy groups -OCH3 is 1. The first kappa shape index (κ1) is 15.0. The van der Waals surface area contributed by atoms with Crippen molar-refractivity contribution in [2.75, 3.05) is 7.11 Å². The van der Waals surface area contributed by atoms with Crippen LogP contribution in [0, 0.1) is 0 Å². The molecule has 0 bridgehead atoms. The maximum Gasteiger partial charge on any atom is 0.337 e. The third kappa shape index (κ3) is 2.61. The summed E-state index contributed by atoms with van der Waals surface area (Å²) in [6.07, 6.45) is 4.29. The summed E-state index contributed by atoms with van der Waals surface area (Å²) in [7, 11) is 1.45. The van der Waals surface area contributed by atoms with Crippen LogP contribution in [-0.4, -0.2) is 27.7 Å². The van der Waals surface area contributed by atoms with Gasteiger partial charge >= 0.3 is 5.97 Å². The van der Waals surface area contributed by atoms with Crippen LogP contribution in [0.4, 0.5) is 0 Å². The van der Waals surface area contributed by atoms with Gasteiger partial charge in [-0.1, -0.05) is 13.8 Å². The SMILES string of the molecule is CCC(CC)n1cc(C(=O)O)c2cnc(OC)cc2c1=O. The fraction of sp³-hybridized carbons (Fsp3) is 0.400. The monoisotopic (exact) mass is 290 g/mol. The molecule has 112 valence electrons. The molecule has 0 unspecified atom stereocenters. The van der Waals surface area contributed by atoms with Gasteiger partial charge in [-0.2, -0.15) is 0 Å². The van der Waals surface area contributed by atoms with Gasteiger partial charge in [0.2, 0.25) is 5.88 Å². The van der Waals surface area contributed by atoms with Crippen molar-refractivity contribution in [3.05, 3.63) is 34.4 Å². The zero-order valence-electron chi connectivity index (χ0n) is 12.3. The number of hydrogen-bond donors (Lipinski definition) is 1. The van der Waals surface area contributed by atoms with Crippen molar-refractivity contribution in [3.63, 3.8) is 0 Å². The van der Waals surface area contributed by atoms with Crippen molar-refractivity contribution in [1.82, 2.24) is 9.55 Å². The van der Waals surface area contributed by atoms with Gasteiger partial charge in [0.05, 0.1) is 18.1 Å². The lowest BCUT2D eigenvalue weighted by atomic mass is 10.1. The average molecular weight is 290 g/mol. The number of ether oxygens (including phenoxy) is 1. The van der Waals surface area contributed by atoms with Crippen LogP contribution < -0.4 is 10.3 Å². The van der Waals surface area contributed by atoms with Gasteiger partial charge < -0.3 is 14.4 Å². The third-order valence-electron chi connectivity index (χ3n) is 3.68. The standard InChI is InChI=1S/C15H18N2O4/c1-4-9(5-2)17-8-12(15(19)20)11-7-16-13(21-3)6-10(11)14(17)18/h6-9H,4-5H2,1-3H3,(H,19,20). The van der Waals surface area contributed by atoms with Crippen LogP contribution in [-0.2, 0) is 0 Å². The van der Waals surface area contributed by atoms with E-state index in [1.54, 1.807) is 0 Å². The van der Waals surface area contributed by atoms with Gasteiger partial charge in [0.15, 0.2) is 0 Å². The van der Waals surface area contributed by atoms with Crippen LogP contribution in [0.1, 0.15) is 43.1 Å². The second-order valence-corrected chi connectivity index (χ2v) is 4.80. The van der Waals surface area contributed by atoms with Crippen molar-refractivity contribution < 1.29 is 14.6 Å². The number of aromatic nitrogens is 2. The Morgan fingerprint density at radius 2 is 2.05 bits per heavy atom. The summed E-state index contributed by atoms with van der Waals surface area (Å²) in [6.45, 7) is 3.94. The molecular formula is C15H18N2O4. The molecule has 0 amide bonds. The largest absolute Gasteiger partial charge is 0.481 e. The Balaban J connectivity index is 2.86. The van der Waals surface area contributed by atoms with Crippen LogP contribution in [0.5, 0.6) is 5.88 Å². The van der Waals surface area contributed by atoms with E-state index in [0.717, 1.165) is 12.8 Å². The normalized spacial score (nSPS) is 11.0. The zero-order chi connectivity index (χ0) is 15.6. The molecular weight excluding hydrogens is 272 g/mol. The zero-order valence-corrected chi connectivity index (χ0v) is 12.3. The minimum absolute atomic E-state index is 0.0286. The molecule has 2 aromatic rings. The quantitative estimate of drug-likeness (QED) is 0.914. The maximum absolute atomic E-state index is 12.6. The highest BCUT2D eigenvalue weighted by atomic mass is 16.5. The molecule has 0 aromatic carbocycles. The smallest absolute Gasteiger partial charge is 0.337 e. The van der Waals surface area contributed by atoms with Crippen LogP contribution in [0.2, 0.25) is 0 Å². The second-order valence-electron chi connectivity index (χ2n) is 4.80. The summed E-state index contributed by atoms with van der Waals surface area (Å²) in [6, 6.07) is 1.46. The number of fused-ring (bicyclic) bond motifs is 1. The second kappa shape index (κ2) is 5.95. The van der Waals surface area contributed by atoms with Gasteiger partial charge in [0.1, 0.15) is 0 Å². The first-order chi connectivity index (χ1) is 10.0. The van der Waals surface area contributed by atoms with E-state index in [2.05, 4.69) is 4.98 Å². The molecule has 2 heterocycles. The van der Waals surface area contributed by atoms with E-state index >= 15 is 0 Å². The summed E-state index contributed by atoms with van der Waals surface area (Å²) >= 11 is 0. The van der Waals surface area contributed by atoms with Gasteiger partial charge in [0.25, 0.3) is 5.56 Å². The lowest BCUT2D eigenvalue weighted by Gasteiger charge is -2.18. The molecule has 0 saturated heterocycles. The van der Waals surface area contributed by atoms with Crippen molar-refractivity contribution in [2.45, 2.75) is 32.7 Å². The topological polar surface area (TPSA) is 81.4 Å². The number of carboxylic acid groups (broad SMARTS) is 1. The number of pyridine rings is 2. The summed E-state index contributed by atoms with van der Waals surface area (Å²) < 4.78 is 6.53. The Morgan fingerprint density at radius 3 is 2.57 bits per heavy atom. The summed E-state index contributed by atoms with van der Waals surface area (Å²) in [5.41, 5.74) is -0.143. The third-order valence-corrected chi connectivity index (χ3v) is 3.68. The molecule has 0 atom stereocenters. The van der Waals surface area contributed by atoms with E-state index in [4.69, 9.17) is 4.74 Å². The minimum atomic E-state index is -1.08. The Hall–Kier alpha value is -2.37. The Bertz CT molecular complexity index is 732. The number of carboxylic acids is 1. The molecule has 0 saturated carbocycles. The van der Waals surface area contributed by atoms with E-state index in [0.29, 0.717) is 16.7 Å². The lowest BCUT2D eigenvalue weighted by molar-refractivity contribution is 0.0698. The van der Waals surface area contributed by atoms with Crippen molar-refractivity contribution in [1.29, 1.82) is 0 Å². The molecule has 2 rings (SSSR count). The first-order valence-corrected chi connectivity index (χ1v) is 6.85. The highest BCUT2D eigenvalue weighted by molar-refractivity contribution is 6.02. The Morgan fingerprint density at radius 1 is 1.38 bits per heavy atom. The van der Waals surface area contributed by atoms with Gasteiger partial charge in [0, 0.05) is 29.9 Å². The van der Waals surface area contributed by atoms with Gasteiger partial charge in [-0.3, -0.25) is 4.79 Å². The maximum atomic E-state index is 12.6. The van der Waals surface area contributed by atoms with Crippen molar-refractivity contribution in [3.8, 4) is 5.88 Å². The van der Waals surface area contributed by atoms with E-state index in [-0.39, 0.29) is 17.2 Å². The van der Waals surface area contributed by atoms with E-state index < -0.39 is 5.97 Å². The number of carbonyl (C=O) groups is 1. The van der Waals surface area contributed by atoms with E-state index in [1.165, 1.54) is 30.1 Å². The Labute approximate surface area is 122 Å². The van der Waals surface area contributed by atoms with Crippen LogP contribution in [0.3, 0.4) is 0 Å². The number of rotatable bonds is 5. The first-order valence-electron chi connectivity index (χ1n) is 6.85. The molecule has 0 fully saturated rings. The van der Waals surface area contributed by atoms with Crippen molar-refractivity contribution >= 4 is 16.7 Å². The number of aromatic carboxylic acids is 1. The molecule has 21 heavy (non-hydrogen) atoms. The van der Waals surface area contributed by atoms with Gasteiger partial charge in [-0.15, -0.1) is 0 Å². The summed E-state index contributed by atoms with van der Waals surface area (Å²) in [5.74, 6) is -0.787. The molecule has 2 aromatic heterocycles. The Kier molecular flexibility index (Phi) is 4.26. The average Bonchev–Trinajstić information content (AvgIpc) is 2.49. The predicted molar refractivity (Wildman–Crippen MR) is 79.1 cm³/mol. The van der Waals surface area contributed by atoms with Crippen molar-refractivity contribution in [2.24, 2.45) is 0 Å². The molecule has 1 N–H and O–H groups in total. The lowest BCUT2D eigenvalue weighted by Crippen LogP contribution is -2.25. The summed E-state index contributed by atoms with van der Waals surface area (Å²) in [5, 5.41) is 10.0. The molecule has 0 aliphatic heterocycles. The summed E-state index contributed by atoms with van der Waals surface area (Å²) in [4.78, 5) is 28.1. The van der Waals surface area contributed by atoms with Gasteiger partial charge in [-0.25, -0.2) is 9.78 Å². The molecule has 0 spiro atoms. The highest BCUT2D eigenvalue weighted by Crippen LogP contribution is 2.22. The number of hydrogen-bond acceptors (Lipinski definition) is 4. The predicted octanol–water partition coefficient (Wildman–Crippen LogP) is 2.46. The minimum Gasteiger partial charge on any atom is -0.481 e. The van der Waals surface area contributed by atoms with E-state index in [1.807, 2.05) is 13.8 Å². The van der Waals surface area contributed by atoms with Crippen LogP contribution >= 0.6 is 0 Å². The molecule has 6 nitrogen and oxygen atoms in total.